The van der Waals surface area contributed by atoms with E-state index in [0.29, 0.717) is 6.42 Å². The fraction of sp³-hybridized carbons (Fsp3) is 0.533. The third kappa shape index (κ3) is 1.98. The maximum absolute atomic E-state index is 12.9. The van der Waals surface area contributed by atoms with E-state index in [-0.39, 0.29) is 5.75 Å². The number of hydrogen-bond donors (Lipinski definition) is 1. The number of hydroxylamine groups is 2. The van der Waals surface area contributed by atoms with Gasteiger partial charge in [-0.25, -0.2) is 4.99 Å². The predicted molar refractivity (Wildman–Crippen MR) is 77.8 cm³/mol. The van der Waals surface area contributed by atoms with Gasteiger partial charge in [-0.05, 0) is 38.0 Å². The standard InChI is InChI=1S/C15H22N3O2/c1-6-15(11-7-9-12(19)10-8-11)16-13(17(4)5)14(2,3)18(15)20/h7-10,19H,6H2,1-5H3. The first-order valence-corrected chi connectivity index (χ1v) is 6.80. The van der Waals surface area contributed by atoms with E-state index in [1.165, 1.54) is 0 Å². The highest BCUT2D eigenvalue weighted by molar-refractivity contribution is 5.92. The van der Waals surface area contributed by atoms with Crippen molar-refractivity contribution in [2.24, 2.45) is 4.99 Å². The first-order chi connectivity index (χ1) is 9.25. The molecule has 1 heterocycles. The van der Waals surface area contributed by atoms with Crippen molar-refractivity contribution in [3.63, 3.8) is 0 Å². The molecule has 1 aromatic carbocycles. The van der Waals surface area contributed by atoms with Crippen molar-refractivity contribution >= 4 is 5.84 Å². The van der Waals surface area contributed by atoms with Crippen molar-refractivity contribution in [2.45, 2.75) is 38.4 Å². The highest BCUT2D eigenvalue weighted by atomic mass is 16.5. The fourth-order valence-electron chi connectivity index (χ4n) is 2.89. The molecule has 5 heteroatoms. The van der Waals surface area contributed by atoms with Crippen LogP contribution in [-0.4, -0.2) is 40.5 Å². The largest absolute Gasteiger partial charge is 0.508 e. The zero-order valence-corrected chi connectivity index (χ0v) is 12.7. The predicted octanol–water partition coefficient (Wildman–Crippen LogP) is 2.35. The molecule has 0 saturated carbocycles. The van der Waals surface area contributed by atoms with Gasteiger partial charge in [-0.1, -0.05) is 19.1 Å². The number of benzene rings is 1. The van der Waals surface area contributed by atoms with Crippen molar-refractivity contribution in [3.05, 3.63) is 29.8 Å². The molecule has 1 unspecified atom stereocenters. The highest BCUT2D eigenvalue weighted by Gasteiger charge is 2.54. The highest BCUT2D eigenvalue weighted by Crippen LogP contribution is 2.44. The lowest BCUT2D eigenvalue weighted by molar-refractivity contribution is -0.256. The molecule has 0 fully saturated rings. The first kappa shape index (κ1) is 14.8. The van der Waals surface area contributed by atoms with Crippen molar-refractivity contribution in [3.8, 4) is 5.75 Å². The number of likely N-dealkylation sites (N-methyl/N-ethyl adjacent to an activating group) is 1. The Balaban J connectivity index is 2.59. The maximum Gasteiger partial charge on any atom is 0.166 e. The molecule has 0 bridgehead atoms. The van der Waals surface area contributed by atoms with E-state index in [1.54, 1.807) is 24.3 Å². The molecule has 109 valence electrons. The lowest BCUT2D eigenvalue weighted by Gasteiger charge is -2.36. The molecule has 0 aromatic heterocycles. The van der Waals surface area contributed by atoms with Gasteiger partial charge in [0.2, 0.25) is 0 Å². The van der Waals surface area contributed by atoms with Crippen LogP contribution in [0, 0.1) is 0 Å². The van der Waals surface area contributed by atoms with E-state index < -0.39 is 11.2 Å². The minimum atomic E-state index is -0.920. The average Bonchev–Trinajstić information content (AvgIpc) is 2.60. The van der Waals surface area contributed by atoms with E-state index in [0.717, 1.165) is 16.5 Å². The molecule has 0 aliphatic carbocycles. The monoisotopic (exact) mass is 276 g/mol. The smallest absolute Gasteiger partial charge is 0.166 e. The number of aromatic hydroxyl groups is 1. The van der Waals surface area contributed by atoms with Gasteiger partial charge in [0.15, 0.2) is 5.66 Å². The van der Waals surface area contributed by atoms with Crippen molar-refractivity contribution in [2.75, 3.05) is 14.1 Å². The summed E-state index contributed by atoms with van der Waals surface area (Å²) in [6.07, 6.45) is 0.571. The van der Waals surface area contributed by atoms with E-state index in [1.807, 2.05) is 39.8 Å². The Labute approximate surface area is 120 Å². The quantitative estimate of drug-likeness (QED) is 0.902. The van der Waals surface area contributed by atoms with E-state index in [4.69, 9.17) is 4.99 Å². The number of amidine groups is 1. The molecule has 1 radical (unpaired) electrons. The van der Waals surface area contributed by atoms with Crippen molar-refractivity contribution < 1.29 is 10.3 Å². The summed E-state index contributed by atoms with van der Waals surface area (Å²) < 4.78 is 0. The van der Waals surface area contributed by atoms with Gasteiger partial charge < -0.3 is 10.0 Å². The molecule has 0 spiro atoms. The van der Waals surface area contributed by atoms with Crippen LogP contribution >= 0.6 is 0 Å². The third-order valence-corrected chi connectivity index (χ3v) is 3.93. The Kier molecular flexibility index (Phi) is 3.52. The Hall–Kier alpha value is -1.59. The Bertz CT molecular complexity index is 522. The zero-order chi connectivity index (χ0) is 15.1. The third-order valence-electron chi connectivity index (χ3n) is 3.93. The summed E-state index contributed by atoms with van der Waals surface area (Å²) in [5.41, 5.74) is -0.800. The number of aliphatic imine (C=N–C) groups is 1. The summed E-state index contributed by atoms with van der Waals surface area (Å²) in [5.74, 6) is 0.953. The summed E-state index contributed by atoms with van der Waals surface area (Å²) in [6.45, 7) is 5.73. The van der Waals surface area contributed by atoms with Crippen molar-refractivity contribution in [1.82, 2.24) is 9.96 Å². The minimum absolute atomic E-state index is 0.187. The zero-order valence-electron chi connectivity index (χ0n) is 12.7. The van der Waals surface area contributed by atoms with Gasteiger partial charge in [0.1, 0.15) is 17.1 Å². The van der Waals surface area contributed by atoms with Gasteiger partial charge in [-0.15, -0.1) is 10.3 Å². The summed E-state index contributed by atoms with van der Waals surface area (Å²) in [6, 6.07) is 6.72. The topological polar surface area (TPSA) is 59.0 Å². The molecule has 1 atom stereocenters. The number of hydrogen-bond acceptors (Lipinski definition) is 4. The second kappa shape index (κ2) is 4.75. The van der Waals surface area contributed by atoms with E-state index in [9.17, 15) is 10.3 Å². The van der Waals surface area contributed by atoms with Gasteiger partial charge in [0.05, 0.1) is 0 Å². The van der Waals surface area contributed by atoms with Crippen LogP contribution in [0.5, 0.6) is 5.75 Å². The summed E-state index contributed by atoms with van der Waals surface area (Å²) in [4.78, 5) is 6.64. The second-order valence-corrected chi connectivity index (χ2v) is 5.90. The van der Waals surface area contributed by atoms with Crippen LogP contribution < -0.4 is 0 Å². The molecule has 20 heavy (non-hydrogen) atoms. The Morgan fingerprint density at radius 2 is 1.80 bits per heavy atom. The number of rotatable bonds is 2. The van der Waals surface area contributed by atoms with Crippen LogP contribution in [0.2, 0.25) is 0 Å². The van der Waals surface area contributed by atoms with E-state index in [2.05, 4.69) is 0 Å². The van der Waals surface area contributed by atoms with Gasteiger partial charge in [0.25, 0.3) is 0 Å². The average molecular weight is 276 g/mol. The molecule has 0 saturated heterocycles. The fourth-order valence-corrected chi connectivity index (χ4v) is 2.89. The summed E-state index contributed by atoms with van der Waals surface area (Å²) >= 11 is 0. The summed E-state index contributed by atoms with van der Waals surface area (Å²) in [5, 5.41) is 23.4. The second-order valence-electron chi connectivity index (χ2n) is 5.90. The van der Waals surface area contributed by atoms with Crippen LogP contribution in [0.25, 0.3) is 0 Å². The molecule has 1 aliphatic rings. The molecular formula is C15H22N3O2. The number of nitrogens with zero attached hydrogens (tertiary/aromatic N) is 3. The first-order valence-electron chi connectivity index (χ1n) is 6.80. The molecule has 2 rings (SSSR count). The Morgan fingerprint density at radius 3 is 2.20 bits per heavy atom. The van der Waals surface area contributed by atoms with Gasteiger partial charge in [0, 0.05) is 14.1 Å². The van der Waals surface area contributed by atoms with Crippen LogP contribution in [0.1, 0.15) is 32.8 Å². The van der Waals surface area contributed by atoms with Gasteiger partial charge in [-0.2, -0.15) is 0 Å². The molecule has 1 aromatic rings. The van der Waals surface area contributed by atoms with E-state index >= 15 is 0 Å². The van der Waals surface area contributed by atoms with Gasteiger partial charge >= 0.3 is 0 Å². The molecule has 1 aliphatic heterocycles. The number of phenolic OH excluding ortho intramolecular Hbond substituents is 1. The molecule has 5 nitrogen and oxygen atoms in total. The summed E-state index contributed by atoms with van der Waals surface area (Å²) in [7, 11) is 3.80. The molecule has 1 N–H and O–H groups in total. The molecule has 0 amide bonds. The van der Waals surface area contributed by atoms with Crippen LogP contribution in [-0.2, 0) is 10.9 Å². The SMILES string of the molecule is CCC1(c2ccc(O)cc2)N=C(N(C)C)C(C)(C)N1[O]. The normalized spacial score (nSPS) is 25.6. The van der Waals surface area contributed by atoms with Crippen LogP contribution in [0.15, 0.2) is 29.3 Å². The lowest BCUT2D eigenvalue weighted by Crippen LogP contribution is -2.52. The maximum atomic E-state index is 12.9. The minimum Gasteiger partial charge on any atom is -0.508 e. The van der Waals surface area contributed by atoms with Crippen LogP contribution in [0.4, 0.5) is 0 Å². The Morgan fingerprint density at radius 1 is 1.25 bits per heavy atom. The lowest BCUT2D eigenvalue weighted by atomic mass is 9.94. The van der Waals surface area contributed by atoms with Crippen LogP contribution in [0.3, 0.4) is 0 Å². The van der Waals surface area contributed by atoms with Gasteiger partial charge in [-0.3, -0.25) is 0 Å². The molecular weight excluding hydrogens is 254 g/mol. The van der Waals surface area contributed by atoms with Crippen molar-refractivity contribution in [1.29, 1.82) is 0 Å². The number of phenols is 1.